The maximum Gasteiger partial charge on any atom is 0.00736 e. The van der Waals surface area contributed by atoms with Gasteiger partial charge in [0.05, 0.1) is 0 Å². The molecule has 0 nitrogen and oxygen atoms in total. The monoisotopic (exact) mass is 336 g/mol. The molecule has 1 unspecified atom stereocenters. The smallest absolute Gasteiger partial charge is 0.00736 e. The fourth-order valence-corrected chi connectivity index (χ4v) is 3.74. The summed E-state index contributed by atoms with van der Waals surface area (Å²) in [7, 11) is 0. The van der Waals surface area contributed by atoms with Gasteiger partial charge in [0, 0.05) is 5.92 Å². The van der Waals surface area contributed by atoms with E-state index in [1.165, 1.54) is 38.9 Å². The molecule has 0 N–H and O–H groups in total. The third-order valence-electron chi connectivity index (χ3n) is 5.35. The Hall–Kier alpha value is -1.56. The molecule has 136 valence electrons. The Morgan fingerprint density at radius 1 is 0.720 bits per heavy atom. The zero-order chi connectivity index (χ0) is 19.2. The third-order valence-corrected chi connectivity index (χ3v) is 5.35. The summed E-state index contributed by atoms with van der Waals surface area (Å²) in [5.74, 6) is 0.489. The summed E-state index contributed by atoms with van der Waals surface area (Å²) in [6, 6.07) is 11.9. The molecule has 1 atom stereocenters. The van der Waals surface area contributed by atoms with Crippen LogP contribution in [0.25, 0.3) is 11.1 Å². The molecule has 0 radical (unpaired) electrons. The van der Waals surface area contributed by atoms with E-state index in [1.54, 1.807) is 0 Å². The van der Waals surface area contributed by atoms with Crippen LogP contribution in [0.3, 0.4) is 0 Å². The van der Waals surface area contributed by atoms with Crippen LogP contribution in [-0.4, -0.2) is 0 Å². The zero-order valence-electron chi connectivity index (χ0n) is 18.0. The second-order valence-electron chi connectivity index (χ2n) is 9.28. The Morgan fingerprint density at radius 2 is 1.24 bits per heavy atom. The number of hydrogen-bond acceptors (Lipinski definition) is 0. The van der Waals surface area contributed by atoms with Crippen LogP contribution in [0.2, 0.25) is 0 Å². The van der Waals surface area contributed by atoms with Crippen LogP contribution in [0.5, 0.6) is 0 Å². The molecule has 25 heavy (non-hydrogen) atoms. The number of hydrogen-bond donors (Lipinski definition) is 0. The highest BCUT2D eigenvalue weighted by Crippen LogP contribution is 2.48. The summed E-state index contributed by atoms with van der Waals surface area (Å²) >= 11 is 0. The van der Waals surface area contributed by atoms with Crippen molar-refractivity contribution in [2.45, 2.75) is 86.0 Å². The second-order valence-corrected chi connectivity index (χ2v) is 9.28. The van der Waals surface area contributed by atoms with Gasteiger partial charge in [-0.25, -0.2) is 0 Å². The molecule has 0 heteroatoms. The summed E-state index contributed by atoms with van der Waals surface area (Å²) in [4.78, 5) is 0. The number of benzene rings is 2. The van der Waals surface area contributed by atoms with Crippen LogP contribution >= 0.6 is 0 Å². The molecule has 0 heterocycles. The first kappa shape index (κ1) is 19.8. The standard InChI is InChI=1S/C23H30.C2H6/c1-14-11-17(23(6,7)8)13-20-15(2)19-12-16(22(3,4)5)9-10-18(19)21(14)20;1-2/h9-13,15H,1-8H3;1-2H3. The first-order valence-electron chi connectivity index (χ1n) is 9.80. The minimum absolute atomic E-state index is 0.199. The summed E-state index contributed by atoms with van der Waals surface area (Å²) in [6.45, 7) is 22.4. The van der Waals surface area contributed by atoms with Gasteiger partial charge in [0.1, 0.15) is 0 Å². The minimum atomic E-state index is 0.199. The van der Waals surface area contributed by atoms with Crippen LogP contribution in [0.15, 0.2) is 30.3 Å². The van der Waals surface area contributed by atoms with Crippen molar-refractivity contribution >= 4 is 0 Å². The van der Waals surface area contributed by atoms with Crippen molar-refractivity contribution in [3.8, 4) is 11.1 Å². The van der Waals surface area contributed by atoms with Gasteiger partial charge in [-0.3, -0.25) is 0 Å². The van der Waals surface area contributed by atoms with Gasteiger partial charge in [-0.05, 0) is 56.7 Å². The Bertz CT molecular complexity index is 764. The molecule has 0 saturated heterocycles. The van der Waals surface area contributed by atoms with Gasteiger partial charge >= 0.3 is 0 Å². The number of fused-ring (bicyclic) bond motifs is 3. The lowest BCUT2D eigenvalue weighted by Crippen LogP contribution is -2.12. The van der Waals surface area contributed by atoms with Crippen LogP contribution in [-0.2, 0) is 10.8 Å². The molecular weight excluding hydrogens is 300 g/mol. The van der Waals surface area contributed by atoms with Crippen molar-refractivity contribution in [1.29, 1.82) is 0 Å². The van der Waals surface area contributed by atoms with Crippen LogP contribution < -0.4 is 0 Å². The number of aryl methyl sites for hydroxylation is 1. The predicted octanol–water partition coefficient (Wildman–Crippen LogP) is 7.75. The fourth-order valence-electron chi connectivity index (χ4n) is 3.74. The molecule has 2 aromatic carbocycles. The molecule has 0 aliphatic heterocycles. The van der Waals surface area contributed by atoms with Crippen LogP contribution in [0, 0.1) is 6.92 Å². The first-order valence-corrected chi connectivity index (χ1v) is 9.80. The highest BCUT2D eigenvalue weighted by atomic mass is 14.3. The molecule has 0 spiro atoms. The minimum Gasteiger partial charge on any atom is -0.0683 e. The highest BCUT2D eigenvalue weighted by molar-refractivity contribution is 5.82. The van der Waals surface area contributed by atoms with Gasteiger partial charge in [-0.15, -0.1) is 0 Å². The SMILES string of the molecule is CC.Cc1cc(C(C)(C)C)cc2c1-c1ccc(C(C)(C)C)cc1C2C. The van der Waals surface area contributed by atoms with Crippen molar-refractivity contribution in [2.24, 2.45) is 0 Å². The van der Waals surface area contributed by atoms with Gasteiger partial charge in [-0.2, -0.15) is 0 Å². The molecule has 0 saturated carbocycles. The third kappa shape index (κ3) is 3.54. The first-order chi connectivity index (χ1) is 11.5. The van der Waals surface area contributed by atoms with Crippen molar-refractivity contribution in [1.82, 2.24) is 0 Å². The molecule has 1 aliphatic rings. The summed E-state index contributed by atoms with van der Waals surface area (Å²) < 4.78 is 0. The molecule has 0 aromatic heterocycles. The fraction of sp³-hybridized carbons (Fsp3) is 0.520. The average Bonchev–Trinajstić information content (AvgIpc) is 2.81. The van der Waals surface area contributed by atoms with E-state index in [2.05, 4.69) is 85.7 Å². The Morgan fingerprint density at radius 3 is 1.76 bits per heavy atom. The van der Waals surface area contributed by atoms with Gasteiger partial charge in [0.25, 0.3) is 0 Å². The molecule has 0 bridgehead atoms. The maximum atomic E-state index is 2.45. The van der Waals surface area contributed by atoms with E-state index in [-0.39, 0.29) is 10.8 Å². The average molecular weight is 337 g/mol. The highest BCUT2D eigenvalue weighted by Gasteiger charge is 2.30. The molecular formula is C25H36. The molecule has 1 aliphatic carbocycles. The Labute approximate surface area is 155 Å². The summed E-state index contributed by atoms with van der Waals surface area (Å²) in [6.07, 6.45) is 0. The zero-order valence-corrected chi connectivity index (χ0v) is 18.0. The normalized spacial score (nSPS) is 16.0. The molecule has 0 fully saturated rings. The van der Waals surface area contributed by atoms with Gasteiger partial charge in [0.15, 0.2) is 0 Å². The van der Waals surface area contributed by atoms with E-state index in [9.17, 15) is 0 Å². The van der Waals surface area contributed by atoms with E-state index in [0.29, 0.717) is 5.92 Å². The van der Waals surface area contributed by atoms with Crippen molar-refractivity contribution in [2.75, 3.05) is 0 Å². The van der Waals surface area contributed by atoms with Crippen molar-refractivity contribution in [3.05, 3.63) is 58.1 Å². The Balaban J connectivity index is 0.00000109. The molecule has 3 rings (SSSR count). The molecule has 0 amide bonds. The van der Waals surface area contributed by atoms with Crippen molar-refractivity contribution in [3.63, 3.8) is 0 Å². The predicted molar refractivity (Wildman–Crippen MR) is 113 cm³/mol. The van der Waals surface area contributed by atoms with Crippen molar-refractivity contribution < 1.29 is 0 Å². The van der Waals surface area contributed by atoms with Crippen LogP contribution in [0.1, 0.15) is 96.0 Å². The topological polar surface area (TPSA) is 0 Å². The number of rotatable bonds is 0. The van der Waals surface area contributed by atoms with E-state index >= 15 is 0 Å². The maximum absolute atomic E-state index is 2.45. The van der Waals surface area contributed by atoms with E-state index in [4.69, 9.17) is 0 Å². The summed E-state index contributed by atoms with van der Waals surface area (Å²) in [5.41, 5.74) is 10.6. The lowest BCUT2D eigenvalue weighted by molar-refractivity contribution is 0.588. The van der Waals surface area contributed by atoms with E-state index in [1.807, 2.05) is 13.8 Å². The largest absolute Gasteiger partial charge is 0.0683 e. The van der Waals surface area contributed by atoms with Crippen LogP contribution in [0.4, 0.5) is 0 Å². The van der Waals surface area contributed by atoms with E-state index in [0.717, 1.165) is 0 Å². The summed E-state index contributed by atoms with van der Waals surface area (Å²) in [5, 5.41) is 0. The molecule has 2 aromatic rings. The second kappa shape index (κ2) is 6.63. The van der Waals surface area contributed by atoms with Gasteiger partial charge < -0.3 is 0 Å². The Kier molecular flexibility index (Phi) is 5.24. The lowest BCUT2D eigenvalue weighted by Gasteiger charge is -2.22. The van der Waals surface area contributed by atoms with Gasteiger partial charge in [-0.1, -0.05) is 92.6 Å². The van der Waals surface area contributed by atoms with E-state index < -0.39 is 0 Å². The quantitative estimate of drug-likeness (QED) is 0.461. The van der Waals surface area contributed by atoms with Gasteiger partial charge in [0.2, 0.25) is 0 Å². The lowest BCUT2D eigenvalue weighted by atomic mass is 9.83.